The lowest BCUT2D eigenvalue weighted by Crippen LogP contribution is -2.37. The molecule has 100 valence electrons. The Bertz CT molecular complexity index is 323. The summed E-state index contributed by atoms with van der Waals surface area (Å²) in [4.78, 5) is 11.6. The molecular formula is C8H18N3O5P. The highest BCUT2D eigenvalue weighted by Gasteiger charge is 2.24. The second kappa shape index (κ2) is 7.26. The van der Waals surface area contributed by atoms with Crippen LogP contribution in [-0.4, -0.2) is 48.7 Å². The fraction of sp³-hybridized carbons (Fsp3) is 0.750. The second-order valence-corrected chi connectivity index (χ2v) is 4.67. The molecule has 0 atom stereocenters. The van der Waals surface area contributed by atoms with Gasteiger partial charge >= 0.3 is 13.7 Å². The van der Waals surface area contributed by atoms with Crippen molar-refractivity contribution in [2.24, 2.45) is 10.5 Å². The third-order valence-corrected chi connectivity index (χ3v) is 3.19. The van der Waals surface area contributed by atoms with Gasteiger partial charge in [-0.15, -0.1) is 4.76 Å². The minimum Gasteiger partial charge on any atom is -0.480 e. The summed E-state index contributed by atoms with van der Waals surface area (Å²) in [6, 6.07) is 0. The average molecular weight is 267 g/mol. The van der Waals surface area contributed by atoms with Crippen LogP contribution in [0.2, 0.25) is 0 Å². The molecule has 0 saturated heterocycles. The summed E-state index contributed by atoms with van der Waals surface area (Å²) in [5.74, 6) is -1.29. The van der Waals surface area contributed by atoms with Crippen molar-refractivity contribution >= 4 is 19.7 Å². The zero-order chi connectivity index (χ0) is 13.5. The predicted molar refractivity (Wildman–Crippen MR) is 62.7 cm³/mol. The van der Waals surface area contributed by atoms with Gasteiger partial charge < -0.3 is 15.7 Å². The van der Waals surface area contributed by atoms with Crippen molar-refractivity contribution in [3.05, 3.63) is 0 Å². The van der Waals surface area contributed by atoms with Gasteiger partial charge in [-0.3, -0.25) is 13.8 Å². The van der Waals surface area contributed by atoms with Gasteiger partial charge in [-0.1, -0.05) is 0 Å². The Labute approximate surface area is 100.0 Å². The van der Waals surface area contributed by atoms with Gasteiger partial charge in [0.2, 0.25) is 5.96 Å². The van der Waals surface area contributed by atoms with Crippen molar-refractivity contribution < 1.29 is 23.5 Å². The van der Waals surface area contributed by atoms with Crippen molar-refractivity contribution in [1.82, 2.24) is 4.90 Å². The SMILES string of the molecule is CCOP(=O)(N=C(N)N(C)CC(=O)O)OCC. The smallest absolute Gasteiger partial charge is 0.457 e. The maximum absolute atomic E-state index is 11.9. The van der Waals surface area contributed by atoms with E-state index in [-0.39, 0.29) is 25.7 Å². The van der Waals surface area contributed by atoms with E-state index in [1.807, 2.05) is 0 Å². The number of nitrogens with two attached hydrogens (primary N) is 1. The molecule has 0 unspecified atom stereocenters. The minimum atomic E-state index is -3.64. The van der Waals surface area contributed by atoms with Crippen molar-refractivity contribution in [2.45, 2.75) is 13.8 Å². The van der Waals surface area contributed by atoms with Crippen molar-refractivity contribution in [3.8, 4) is 0 Å². The van der Waals surface area contributed by atoms with E-state index in [9.17, 15) is 9.36 Å². The second-order valence-electron chi connectivity index (χ2n) is 3.01. The van der Waals surface area contributed by atoms with Gasteiger partial charge in [-0.2, -0.15) is 0 Å². The van der Waals surface area contributed by atoms with Crippen LogP contribution in [0.1, 0.15) is 13.8 Å². The van der Waals surface area contributed by atoms with E-state index in [0.717, 1.165) is 4.90 Å². The minimum absolute atomic E-state index is 0.150. The van der Waals surface area contributed by atoms with E-state index < -0.39 is 13.7 Å². The van der Waals surface area contributed by atoms with Crippen LogP contribution in [0.4, 0.5) is 0 Å². The topological polar surface area (TPSA) is 114 Å². The lowest BCUT2D eigenvalue weighted by atomic mass is 10.6. The summed E-state index contributed by atoms with van der Waals surface area (Å²) in [6.45, 7) is 3.22. The van der Waals surface area contributed by atoms with Gasteiger partial charge in [0.25, 0.3) is 0 Å². The number of hydrogen-bond donors (Lipinski definition) is 2. The van der Waals surface area contributed by atoms with E-state index in [2.05, 4.69) is 4.76 Å². The molecule has 0 amide bonds. The van der Waals surface area contributed by atoms with Crippen LogP contribution >= 0.6 is 7.75 Å². The van der Waals surface area contributed by atoms with Crippen LogP contribution in [-0.2, 0) is 18.4 Å². The van der Waals surface area contributed by atoms with Gasteiger partial charge in [-0.25, -0.2) is 4.57 Å². The molecule has 3 N–H and O–H groups in total. The molecule has 0 bridgehead atoms. The van der Waals surface area contributed by atoms with E-state index in [4.69, 9.17) is 19.9 Å². The first-order valence-corrected chi connectivity index (χ1v) is 6.52. The average Bonchev–Trinajstić information content (AvgIpc) is 2.16. The molecule has 0 radical (unpaired) electrons. The summed E-state index contributed by atoms with van der Waals surface area (Å²) < 4.78 is 25.3. The standard InChI is InChI=1S/C8H18N3O5P/c1-4-15-17(14,16-5-2)10-8(9)11(3)6-7(12)13/h4-6H2,1-3H3,(H,12,13)(H2,9,10,14). The molecule has 0 aliphatic heterocycles. The highest BCUT2D eigenvalue weighted by Crippen LogP contribution is 2.49. The molecule has 0 aliphatic carbocycles. The Kier molecular flexibility index (Phi) is 6.79. The van der Waals surface area contributed by atoms with E-state index in [1.165, 1.54) is 7.05 Å². The molecule has 8 nitrogen and oxygen atoms in total. The molecule has 0 aliphatic rings. The van der Waals surface area contributed by atoms with Gasteiger partial charge in [0, 0.05) is 7.05 Å². The predicted octanol–water partition coefficient (Wildman–Crippen LogP) is 0.499. The maximum Gasteiger partial charge on any atom is 0.457 e. The molecule has 0 saturated carbocycles. The van der Waals surface area contributed by atoms with Gasteiger partial charge in [0.15, 0.2) is 0 Å². The Morgan fingerprint density at radius 2 is 1.88 bits per heavy atom. The number of carboxylic acid groups (broad SMARTS) is 1. The molecule has 17 heavy (non-hydrogen) atoms. The summed E-state index contributed by atoms with van der Waals surface area (Å²) in [7, 11) is -2.23. The number of nitrogens with zero attached hydrogens (tertiary/aromatic N) is 2. The van der Waals surface area contributed by atoms with E-state index >= 15 is 0 Å². The highest BCUT2D eigenvalue weighted by atomic mass is 31.2. The summed E-state index contributed by atoms with van der Waals surface area (Å²) in [5, 5.41) is 8.55. The van der Waals surface area contributed by atoms with Crippen molar-refractivity contribution in [1.29, 1.82) is 0 Å². The molecule has 9 heteroatoms. The number of carboxylic acids is 1. The first-order valence-electron chi connectivity index (χ1n) is 5.02. The molecule has 0 aromatic rings. The molecule has 0 aromatic heterocycles. The zero-order valence-corrected chi connectivity index (χ0v) is 11.0. The normalized spacial score (nSPS) is 12.5. The Hall–Kier alpha value is -1.11. The van der Waals surface area contributed by atoms with Crippen LogP contribution in [0.25, 0.3) is 0 Å². The van der Waals surface area contributed by atoms with Crippen molar-refractivity contribution in [3.63, 3.8) is 0 Å². The van der Waals surface area contributed by atoms with Gasteiger partial charge in [0.1, 0.15) is 6.54 Å². The van der Waals surface area contributed by atoms with Crippen molar-refractivity contribution in [2.75, 3.05) is 26.8 Å². The Balaban J connectivity index is 4.80. The van der Waals surface area contributed by atoms with Crippen LogP contribution in [0.15, 0.2) is 4.76 Å². The molecular weight excluding hydrogens is 249 g/mol. The Morgan fingerprint density at radius 1 is 1.41 bits per heavy atom. The number of aliphatic carboxylic acids is 1. The first kappa shape index (κ1) is 15.9. The number of rotatable bonds is 7. The summed E-state index contributed by atoms with van der Waals surface area (Å²) >= 11 is 0. The fourth-order valence-corrected chi connectivity index (χ4v) is 2.15. The lowest BCUT2D eigenvalue weighted by Gasteiger charge is -2.18. The lowest BCUT2D eigenvalue weighted by molar-refractivity contribution is -0.137. The summed E-state index contributed by atoms with van der Waals surface area (Å²) in [5.41, 5.74) is 5.49. The number of likely N-dealkylation sites (N-methyl/N-ethyl adjacent to an activating group) is 1. The maximum atomic E-state index is 11.9. The molecule has 0 spiro atoms. The quantitative estimate of drug-likeness (QED) is 0.392. The van der Waals surface area contributed by atoms with E-state index in [0.29, 0.717) is 0 Å². The van der Waals surface area contributed by atoms with Gasteiger partial charge in [-0.05, 0) is 13.8 Å². The number of guanidine groups is 1. The molecule has 0 fully saturated rings. The Morgan fingerprint density at radius 3 is 2.24 bits per heavy atom. The first-order chi connectivity index (χ1) is 7.84. The van der Waals surface area contributed by atoms with Gasteiger partial charge in [0.05, 0.1) is 13.2 Å². The summed E-state index contributed by atoms with van der Waals surface area (Å²) in [6.07, 6.45) is 0. The zero-order valence-electron chi connectivity index (χ0n) is 10.1. The molecule has 0 aromatic carbocycles. The monoisotopic (exact) mass is 267 g/mol. The highest BCUT2D eigenvalue weighted by molar-refractivity contribution is 7.52. The number of hydrogen-bond acceptors (Lipinski definition) is 4. The van der Waals surface area contributed by atoms with E-state index in [1.54, 1.807) is 13.8 Å². The van der Waals surface area contributed by atoms with Crippen LogP contribution in [0.3, 0.4) is 0 Å². The fourth-order valence-electron chi connectivity index (χ4n) is 0.907. The van der Waals surface area contributed by atoms with Crippen LogP contribution < -0.4 is 5.73 Å². The molecule has 0 rings (SSSR count). The van der Waals surface area contributed by atoms with Crippen LogP contribution in [0, 0.1) is 0 Å². The third kappa shape index (κ3) is 6.25. The van der Waals surface area contributed by atoms with Crippen LogP contribution in [0.5, 0.6) is 0 Å². The molecule has 0 heterocycles. The largest absolute Gasteiger partial charge is 0.480 e. The number of carbonyl (C=O) groups is 1. The third-order valence-electron chi connectivity index (χ3n) is 1.57.